The summed E-state index contributed by atoms with van der Waals surface area (Å²) in [6, 6.07) is 9.51. The van der Waals surface area contributed by atoms with Crippen LogP contribution in [0.1, 0.15) is 17.0 Å². The SMILES string of the molecule is Cc1cc(/C=C2/C(=N)N3N=C(C(F)(F)F)SC3=NC2=O)c(C)n1-c1cccc(Br)c1. The van der Waals surface area contributed by atoms with E-state index in [1.807, 2.05) is 48.7 Å². The van der Waals surface area contributed by atoms with E-state index in [-0.39, 0.29) is 22.5 Å². The van der Waals surface area contributed by atoms with Gasteiger partial charge in [-0.05, 0) is 61.5 Å². The number of hydrogen-bond acceptors (Lipinski definition) is 4. The molecule has 1 amide bonds. The Morgan fingerprint density at radius 3 is 2.63 bits per heavy atom. The van der Waals surface area contributed by atoms with E-state index in [4.69, 9.17) is 5.41 Å². The second-order valence-electron chi connectivity index (χ2n) is 6.56. The van der Waals surface area contributed by atoms with Gasteiger partial charge in [0.2, 0.25) is 10.2 Å². The number of amidine groups is 2. The highest BCUT2D eigenvalue weighted by Crippen LogP contribution is 2.35. The number of fused-ring (bicyclic) bond motifs is 1. The molecule has 30 heavy (non-hydrogen) atoms. The third-order valence-corrected chi connectivity index (χ3v) is 5.98. The minimum absolute atomic E-state index is 0.124. The van der Waals surface area contributed by atoms with Crippen LogP contribution < -0.4 is 0 Å². The van der Waals surface area contributed by atoms with Gasteiger partial charge in [-0.3, -0.25) is 10.2 Å². The summed E-state index contributed by atoms with van der Waals surface area (Å²) in [6.45, 7) is 3.76. The molecule has 0 bridgehead atoms. The maximum atomic E-state index is 12.9. The first kappa shape index (κ1) is 20.6. The number of nitrogens with zero attached hydrogens (tertiary/aromatic N) is 4. The maximum Gasteiger partial charge on any atom is 0.441 e. The van der Waals surface area contributed by atoms with Crippen LogP contribution in [0.5, 0.6) is 0 Å². The summed E-state index contributed by atoms with van der Waals surface area (Å²) in [5, 5.41) is 11.0. The molecule has 2 aromatic rings. The van der Waals surface area contributed by atoms with E-state index < -0.39 is 23.0 Å². The van der Waals surface area contributed by atoms with E-state index in [1.54, 1.807) is 0 Å². The molecule has 0 saturated heterocycles. The van der Waals surface area contributed by atoms with Crippen LogP contribution in [0.25, 0.3) is 11.8 Å². The van der Waals surface area contributed by atoms with E-state index in [9.17, 15) is 18.0 Å². The van der Waals surface area contributed by atoms with Gasteiger partial charge < -0.3 is 4.57 Å². The fourth-order valence-corrected chi connectivity index (χ4v) is 4.35. The van der Waals surface area contributed by atoms with Crippen LogP contribution >= 0.6 is 27.7 Å². The van der Waals surface area contributed by atoms with Gasteiger partial charge in [0.25, 0.3) is 5.91 Å². The molecule has 0 unspecified atom stereocenters. The van der Waals surface area contributed by atoms with E-state index in [1.165, 1.54) is 6.08 Å². The van der Waals surface area contributed by atoms with E-state index >= 15 is 0 Å². The lowest BCUT2D eigenvalue weighted by Crippen LogP contribution is -2.35. The molecule has 0 radical (unpaired) electrons. The van der Waals surface area contributed by atoms with Crippen LogP contribution in [0.2, 0.25) is 0 Å². The number of amides is 1. The average molecular weight is 496 g/mol. The lowest BCUT2D eigenvalue weighted by atomic mass is 10.1. The molecule has 0 fully saturated rings. The third kappa shape index (κ3) is 3.52. The van der Waals surface area contributed by atoms with Crippen LogP contribution in [0.3, 0.4) is 0 Å². The number of aliphatic imine (C=N–C) groups is 1. The third-order valence-electron chi connectivity index (χ3n) is 4.53. The molecule has 2 aliphatic heterocycles. The Bertz CT molecular complexity index is 1200. The van der Waals surface area contributed by atoms with Gasteiger partial charge >= 0.3 is 6.18 Å². The highest BCUT2D eigenvalue weighted by molar-refractivity contribution is 9.10. The number of hydrogen-bond donors (Lipinski definition) is 1. The number of aryl methyl sites for hydroxylation is 1. The van der Waals surface area contributed by atoms with Crippen molar-refractivity contribution in [2.24, 2.45) is 10.1 Å². The topological polar surface area (TPSA) is 73.8 Å². The molecule has 1 aromatic heterocycles. The number of benzene rings is 1. The molecule has 4 rings (SSSR count). The van der Waals surface area contributed by atoms with Gasteiger partial charge in [0.05, 0.1) is 5.57 Å². The van der Waals surface area contributed by atoms with Crippen LogP contribution in [0.15, 0.2) is 50.5 Å². The van der Waals surface area contributed by atoms with Crippen LogP contribution in [-0.4, -0.2) is 37.7 Å². The van der Waals surface area contributed by atoms with Crippen molar-refractivity contribution in [1.29, 1.82) is 5.41 Å². The van der Waals surface area contributed by atoms with Gasteiger partial charge in [-0.25, -0.2) is 0 Å². The molecule has 0 saturated carbocycles. The van der Waals surface area contributed by atoms with Gasteiger partial charge in [-0.1, -0.05) is 22.0 Å². The van der Waals surface area contributed by atoms with Crippen molar-refractivity contribution in [2.75, 3.05) is 0 Å². The number of hydrazone groups is 1. The predicted molar refractivity (Wildman–Crippen MR) is 114 cm³/mol. The smallest absolute Gasteiger partial charge is 0.318 e. The summed E-state index contributed by atoms with van der Waals surface area (Å²) in [5.74, 6) is -1.21. The summed E-state index contributed by atoms with van der Waals surface area (Å²) >= 11 is 3.67. The number of alkyl halides is 3. The Morgan fingerprint density at radius 2 is 1.97 bits per heavy atom. The van der Waals surface area contributed by atoms with Crippen LogP contribution in [0.4, 0.5) is 13.2 Å². The molecule has 2 aliphatic rings. The molecule has 154 valence electrons. The minimum atomic E-state index is -4.67. The number of carbonyl (C=O) groups is 1. The average Bonchev–Trinajstić information content (AvgIpc) is 3.20. The largest absolute Gasteiger partial charge is 0.441 e. The first-order valence-electron chi connectivity index (χ1n) is 8.58. The first-order chi connectivity index (χ1) is 14.1. The number of thioether (sulfide) groups is 1. The molecular formula is C19H13BrF3N5OS. The summed E-state index contributed by atoms with van der Waals surface area (Å²) in [4.78, 5) is 16.1. The minimum Gasteiger partial charge on any atom is -0.318 e. The highest BCUT2D eigenvalue weighted by Gasteiger charge is 2.46. The van der Waals surface area contributed by atoms with Crippen molar-refractivity contribution < 1.29 is 18.0 Å². The van der Waals surface area contributed by atoms with Crippen molar-refractivity contribution in [3.05, 3.63) is 57.3 Å². The summed E-state index contributed by atoms with van der Waals surface area (Å²) in [6.07, 6.45) is -3.21. The Balaban J connectivity index is 1.75. The van der Waals surface area contributed by atoms with Gasteiger partial charge in [0, 0.05) is 21.5 Å². The Kier molecular flexibility index (Phi) is 4.97. The number of nitrogens with one attached hydrogen (secondary N) is 1. The van der Waals surface area contributed by atoms with Gasteiger partial charge in [-0.15, -0.1) is 0 Å². The van der Waals surface area contributed by atoms with Crippen LogP contribution in [-0.2, 0) is 4.79 Å². The molecular weight excluding hydrogens is 483 g/mol. The van der Waals surface area contributed by atoms with E-state index in [0.29, 0.717) is 5.56 Å². The lowest BCUT2D eigenvalue weighted by molar-refractivity contribution is -0.114. The Labute approximate surface area is 181 Å². The van der Waals surface area contributed by atoms with Gasteiger partial charge in [-0.2, -0.15) is 28.3 Å². The van der Waals surface area contributed by atoms with Crippen LogP contribution in [0, 0.1) is 19.3 Å². The monoisotopic (exact) mass is 495 g/mol. The molecule has 0 atom stereocenters. The molecule has 3 heterocycles. The zero-order valence-electron chi connectivity index (χ0n) is 15.6. The second kappa shape index (κ2) is 7.24. The molecule has 0 aliphatic carbocycles. The van der Waals surface area contributed by atoms with Crippen molar-refractivity contribution >= 4 is 55.7 Å². The quantitative estimate of drug-likeness (QED) is 0.593. The summed E-state index contributed by atoms with van der Waals surface area (Å²) in [5.41, 5.74) is 3.14. The standard InChI is InChI=1S/C19H13BrF3N5OS/c1-9-6-11(10(2)27(9)13-5-3-4-12(20)8-13)7-14-15(24)28-18(25-16(14)29)30-17(26-28)19(21,22)23/h3-8,24H,1-2H3/b14-7-,24-15?. The molecule has 6 nitrogen and oxygen atoms in total. The maximum absolute atomic E-state index is 12.9. The van der Waals surface area contributed by atoms with Crippen molar-refractivity contribution in [3.63, 3.8) is 0 Å². The molecule has 11 heteroatoms. The summed E-state index contributed by atoms with van der Waals surface area (Å²) in [7, 11) is 0. The Morgan fingerprint density at radius 1 is 1.23 bits per heavy atom. The van der Waals surface area contributed by atoms with E-state index in [2.05, 4.69) is 26.0 Å². The highest BCUT2D eigenvalue weighted by atomic mass is 79.9. The van der Waals surface area contributed by atoms with Crippen molar-refractivity contribution in [1.82, 2.24) is 9.58 Å². The predicted octanol–water partition coefficient (Wildman–Crippen LogP) is 5.04. The molecule has 1 aromatic carbocycles. The van der Waals surface area contributed by atoms with Gasteiger partial charge in [0.15, 0.2) is 5.84 Å². The zero-order valence-corrected chi connectivity index (χ0v) is 18.0. The van der Waals surface area contributed by atoms with Gasteiger partial charge in [0.1, 0.15) is 0 Å². The van der Waals surface area contributed by atoms with E-state index in [0.717, 1.165) is 26.6 Å². The first-order valence-corrected chi connectivity index (χ1v) is 10.2. The second-order valence-corrected chi connectivity index (χ2v) is 8.44. The van der Waals surface area contributed by atoms with Crippen molar-refractivity contribution in [2.45, 2.75) is 20.0 Å². The zero-order chi connectivity index (χ0) is 21.8. The lowest BCUT2D eigenvalue weighted by Gasteiger charge is -2.20. The number of carbonyl (C=O) groups excluding carboxylic acids is 1. The normalized spacial score (nSPS) is 18.1. The molecule has 1 N–H and O–H groups in total. The number of aromatic nitrogens is 1. The number of rotatable bonds is 2. The van der Waals surface area contributed by atoms with Crippen molar-refractivity contribution in [3.8, 4) is 5.69 Å². The summed E-state index contributed by atoms with van der Waals surface area (Å²) < 4.78 is 41.7. The fourth-order valence-electron chi connectivity index (χ4n) is 3.21. The Hall–Kier alpha value is -2.66. The molecule has 0 spiro atoms. The fraction of sp³-hybridized carbons (Fsp3) is 0.158. The number of halogens is 4.